The molecule has 6 nitrogen and oxygen atoms in total. The highest BCUT2D eigenvalue weighted by atomic mass is 31.2. The second-order valence-electron chi connectivity index (χ2n) is 10.9. The zero-order chi connectivity index (χ0) is 25.5. The van der Waals surface area contributed by atoms with E-state index in [-0.39, 0.29) is 12.8 Å². The van der Waals surface area contributed by atoms with Gasteiger partial charge >= 0.3 is 7.60 Å². The first-order valence-corrected chi connectivity index (χ1v) is 15.8. The van der Waals surface area contributed by atoms with E-state index in [1.165, 1.54) is 96.3 Å². The van der Waals surface area contributed by atoms with Gasteiger partial charge in [-0.05, 0) is 6.42 Å². The number of unbranched alkanes of at least 4 members (excludes halogenated alkanes) is 15. The van der Waals surface area contributed by atoms with Crippen LogP contribution in [-0.2, 0) is 18.6 Å². The number of methoxy groups -OCH3 is 1. The van der Waals surface area contributed by atoms with E-state index in [0.717, 1.165) is 6.42 Å². The zero-order valence-electron chi connectivity index (χ0n) is 23.4. The minimum atomic E-state index is -3.66. The van der Waals surface area contributed by atoms with E-state index < -0.39 is 13.7 Å². The van der Waals surface area contributed by atoms with Crippen molar-refractivity contribution in [3.8, 4) is 0 Å². The van der Waals surface area contributed by atoms with Crippen molar-refractivity contribution < 1.29 is 27.9 Å². The van der Waals surface area contributed by atoms with E-state index in [0.29, 0.717) is 24.2 Å². The molecule has 7 heteroatoms. The molecule has 0 aromatic heterocycles. The molecule has 0 heterocycles. The first-order valence-electron chi connectivity index (χ1n) is 14.1. The number of likely N-dealkylation sites (N-methyl/N-ethyl adjacent to an activating group) is 1. The van der Waals surface area contributed by atoms with Crippen molar-refractivity contribution in [3.63, 3.8) is 0 Å². The third-order valence-electron chi connectivity index (χ3n) is 6.27. The normalized spacial score (nSPS) is 14.9. The molecule has 0 spiro atoms. The Bertz CT molecular complexity index is 484. The highest BCUT2D eigenvalue weighted by Crippen LogP contribution is 2.42. The molecule has 0 aromatic rings. The van der Waals surface area contributed by atoms with Crippen molar-refractivity contribution in [1.82, 2.24) is 0 Å². The van der Waals surface area contributed by atoms with Gasteiger partial charge < -0.3 is 23.4 Å². The quantitative estimate of drug-likeness (QED) is 0.0761. The molecule has 0 aliphatic rings. The largest absolute Gasteiger partial charge is 0.379 e. The molecular formula is C27H59NO5P+. The maximum Gasteiger partial charge on any atom is 0.331 e. The van der Waals surface area contributed by atoms with Gasteiger partial charge in [0.05, 0.1) is 40.0 Å². The van der Waals surface area contributed by atoms with Crippen molar-refractivity contribution in [2.24, 2.45) is 0 Å². The van der Waals surface area contributed by atoms with E-state index in [1.54, 1.807) is 7.11 Å². The molecular weight excluding hydrogens is 449 g/mol. The van der Waals surface area contributed by atoms with Crippen LogP contribution in [0.2, 0.25) is 0 Å². The van der Waals surface area contributed by atoms with Gasteiger partial charge in [0.15, 0.2) is 0 Å². The second-order valence-corrected chi connectivity index (χ2v) is 12.8. The Labute approximate surface area is 212 Å². The summed E-state index contributed by atoms with van der Waals surface area (Å²) in [5.74, 6) is 0. The Balaban J connectivity index is 3.49. The number of rotatable bonds is 26. The van der Waals surface area contributed by atoms with Crippen LogP contribution in [0.15, 0.2) is 0 Å². The number of hydrogen-bond donors (Lipinski definition) is 1. The minimum Gasteiger partial charge on any atom is -0.379 e. The lowest BCUT2D eigenvalue weighted by Gasteiger charge is -2.25. The van der Waals surface area contributed by atoms with Crippen molar-refractivity contribution in [1.29, 1.82) is 0 Å². The lowest BCUT2D eigenvalue weighted by molar-refractivity contribution is -0.870. The van der Waals surface area contributed by atoms with Crippen LogP contribution in [0, 0.1) is 0 Å². The van der Waals surface area contributed by atoms with Crippen LogP contribution in [-0.4, -0.2) is 76.3 Å². The highest BCUT2D eigenvalue weighted by molar-refractivity contribution is 7.52. The summed E-state index contributed by atoms with van der Waals surface area (Å²) in [6, 6.07) is 0. The van der Waals surface area contributed by atoms with Crippen molar-refractivity contribution in [2.45, 2.75) is 116 Å². The molecule has 0 aliphatic carbocycles. The lowest BCUT2D eigenvalue weighted by atomic mass is 10.0. The lowest BCUT2D eigenvalue weighted by Crippen LogP contribution is -2.37. The molecule has 0 amide bonds. The molecule has 0 rings (SSSR count). The Kier molecular flexibility index (Phi) is 22.3. The summed E-state index contributed by atoms with van der Waals surface area (Å²) in [5, 5.41) is 0. The summed E-state index contributed by atoms with van der Waals surface area (Å²) in [6.07, 6.45) is 21.2. The average Bonchev–Trinajstić information content (AvgIpc) is 2.76. The fourth-order valence-corrected chi connectivity index (χ4v) is 5.17. The minimum absolute atomic E-state index is 0.0282. The van der Waals surface area contributed by atoms with Crippen molar-refractivity contribution >= 4 is 7.60 Å². The predicted octanol–water partition coefficient (Wildman–Crippen LogP) is 7.19. The molecule has 0 aliphatic heterocycles. The SMILES string of the molecule is CCCCCCCCCCCCCCCCCCOCC(CP(=O)(O)OCC[N+](C)(C)C)OC. The molecule has 1 N–H and O–H groups in total. The van der Waals surface area contributed by atoms with Crippen molar-refractivity contribution in [3.05, 3.63) is 0 Å². The van der Waals surface area contributed by atoms with Gasteiger partial charge in [-0.2, -0.15) is 0 Å². The van der Waals surface area contributed by atoms with Gasteiger partial charge in [-0.3, -0.25) is 4.57 Å². The van der Waals surface area contributed by atoms with Crippen molar-refractivity contribution in [2.75, 3.05) is 60.8 Å². The fourth-order valence-electron chi connectivity index (χ4n) is 3.93. The van der Waals surface area contributed by atoms with E-state index in [4.69, 9.17) is 14.0 Å². The smallest absolute Gasteiger partial charge is 0.331 e. The number of hydrogen-bond acceptors (Lipinski definition) is 4. The molecule has 0 bridgehead atoms. The third kappa shape index (κ3) is 25.1. The molecule has 2 unspecified atom stereocenters. The average molecular weight is 509 g/mol. The molecule has 0 radical (unpaired) electrons. The Morgan fingerprint density at radius 2 is 1.18 bits per heavy atom. The molecule has 0 fully saturated rings. The first kappa shape index (κ1) is 34.0. The van der Waals surface area contributed by atoms with Crippen LogP contribution >= 0.6 is 7.60 Å². The van der Waals surface area contributed by atoms with Gasteiger partial charge in [0.25, 0.3) is 0 Å². The van der Waals surface area contributed by atoms with Crippen LogP contribution in [0.4, 0.5) is 0 Å². The van der Waals surface area contributed by atoms with Crippen LogP contribution < -0.4 is 0 Å². The van der Waals surface area contributed by atoms with Gasteiger partial charge in [0.1, 0.15) is 13.2 Å². The summed E-state index contributed by atoms with van der Waals surface area (Å²) in [6.45, 7) is 4.22. The Morgan fingerprint density at radius 3 is 1.59 bits per heavy atom. The number of ether oxygens (including phenoxy) is 2. The third-order valence-corrected chi connectivity index (χ3v) is 7.72. The van der Waals surface area contributed by atoms with Gasteiger partial charge in [0, 0.05) is 13.7 Å². The molecule has 0 saturated heterocycles. The van der Waals surface area contributed by atoms with Gasteiger partial charge in [-0.15, -0.1) is 0 Å². The summed E-state index contributed by atoms with van der Waals surface area (Å²) in [7, 11) is 3.96. The standard InChI is InChI=1S/C27H58NO5P/c1-6-7-8-9-10-11-12-13-14-15-16-17-18-19-20-21-23-32-25-27(31-5)26-34(29,30)33-24-22-28(2,3)4/h27H,6-26H2,1-5H3/p+1. The Hall–Kier alpha value is 0.0300. The summed E-state index contributed by atoms with van der Waals surface area (Å²) in [5.41, 5.74) is 0. The van der Waals surface area contributed by atoms with Gasteiger partial charge in [-0.25, -0.2) is 0 Å². The van der Waals surface area contributed by atoms with E-state index >= 15 is 0 Å². The Morgan fingerprint density at radius 1 is 0.735 bits per heavy atom. The molecule has 2 atom stereocenters. The molecule has 34 heavy (non-hydrogen) atoms. The second kappa shape index (κ2) is 22.2. The predicted molar refractivity (Wildman–Crippen MR) is 145 cm³/mol. The topological polar surface area (TPSA) is 65.0 Å². The monoisotopic (exact) mass is 508 g/mol. The summed E-state index contributed by atoms with van der Waals surface area (Å²) >= 11 is 0. The highest BCUT2D eigenvalue weighted by Gasteiger charge is 2.26. The van der Waals surface area contributed by atoms with Crippen LogP contribution in [0.5, 0.6) is 0 Å². The maximum absolute atomic E-state index is 12.3. The van der Waals surface area contributed by atoms with E-state index in [9.17, 15) is 9.46 Å². The number of quaternary nitrogens is 1. The van der Waals surface area contributed by atoms with Gasteiger partial charge in [0.2, 0.25) is 0 Å². The first-order chi connectivity index (χ1) is 16.2. The van der Waals surface area contributed by atoms with E-state index in [1.807, 2.05) is 21.1 Å². The summed E-state index contributed by atoms with van der Waals surface area (Å²) in [4.78, 5) is 10.1. The van der Waals surface area contributed by atoms with Crippen LogP contribution in [0.3, 0.4) is 0 Å². The molecule has 0 aromatic carbocycles. The zero-order valence-corrected chi connectivity index (χ0v) is 24.3. The summed E-state index contributed by atoms with van der Waals surface area (Å²) < 4.78 is 29.2. The maximum atomic E-state index is 12.3. The van der Waals surface area contributed by atoms with Gasteiger partial charge in [-0.1, -0.05) is 103 Å². The fraction of sp³-hybridized carbons (Fsp3) is 1.00. The molecule has 0 saturated carbocycles. The molecule has 206 valence electrons. The van der Waals surface area contributed by atoms with Crippen LogP contribution in [0.1, 0.15) is 110 Å². The van der Waals surface area contributed by atoms with E-state index in [2.05, 4.69) is 6.92 Å². The number of nitrogens with zero attached hydrogens (tertiary/aromatic N) is 1. The van der Waals surface area contributed by atoms with Crippen LogP contribution in [0.25, 0.3) is 0 Å².